The topological polar surface area (TPSA) is 32.3 Å². The molecule has 1 aromatic rings. The fourth-order valence-electron chi connectivity index (χ4n) is 2.53. The minimum atomic E-state index is -0.308. The minimum absolute atomic E-state index is 0.149. The summed E-state index contributed by atoms with van der Waals surface area (Å²) < 4.78 is 0. The monoisotopic (exact) mass is 308 g/mol. The summed E-state index contributed by atoms with van der Waals surface area (Å²) in [6, 6.07) is 8.34. The molecule has 0 atom stereocenters. The van der Waals surface area contributed by atoms with Crippen LogP contribution in [0.4, 0.5) is 0 Å². The van der Waals surface area contributed by atoms with Gasteiger partial charge in [-0.2, -0.15) is 0 Å². The Morgan fingerprint density at radius 1 is 1.33 bits per heavy atom. The summed E-state index contributed by atoms with van der Waals surface area (Å²) in [7, 11) is 0. The molecule has 0 saturated carbocycles. The van der Waals surface area contributed by atoms with Gasteiger partial charge < -0.3 is 5.32 Å². The van der Waals surface area contributed by atoms with Gasteiger partial charge in [-0.25, -0.2) is 0 Å². The third-order valence-electron chi connectivity index (χ3n) is 3.90. The fourth-order valence-corrected chi connectivity index (χ4v) is 2.74. The summed E-state index contributed by atoms with van der Waals surface area (Å²) in [5.74, 6) is 0.149. The molecular weight excluding hydrogens is 284 g/mol. The first-order valence-electron chi connectivity index (χ1n) is 7.62. The molecule has 0 aliphatic carbocycles. The zero-order chi connectivity index (χ0) is 15.5. The number of amides is 1. The Morgan fingerprint density at radius 3 is 2.57 bits per heavy atom. The molecule has 21 heavy (non-hydrogen) atoms. The zero-order valence-electron chi connectivity index (χ0n) is 13.2. The van der Waals surface area contributed by atoms with Crippen LogP contribution in [0.25, 0.3) is 0 Å². The van der Waals surface area contributed by atoms with Gasteiger partial charge in [0.1, 0.15) is 0 Å². The largest absolute Gasteiger partial charge is 0.353 e. The number of piperidine rings is 1. The average Bonchev–Trinajstić information content (AvgIpc) is 2.40. The van der Waals surface area contributed by atoms with Crippen molar-refractivity contribution in [1.82, 2.24) is 10.2 Å². The van der Waals surface area contributed by atoms with E-state index in [1.54, 1.807) is 0 Å². The summed E-state index contributed by atoms with van der Waals surface area (Å²) in [6.45, 7) is 8.83. The number of nitrogens with one attached hydrogen (secondary N) is 1. The predicted molar refractivity (Wildman–Crippen MR) is 87.3 cm³/mol. The van der Waals surface area contributed by atoms with Crippen molar-refractivity contribution in [1.29, 1.82) is 0 Å². The lowest BCUT2D eigenvalue weighted by molar-refractivity contribution is -0.129. The fraction of sp³-hybridized carbons (Fsp3) is 0.588. The van der Waals surface area contributed by atoms with E-state index >= 15 is 0 Å². The molecule has 116 valence electrons. The average molecular weight is 309 g/mol. The molecular formula is C17H25ClN2O. The molecule has 1 N–H and O–H groups in total. The van der Waals surface area contributed by atoms with Crippen molar-refractivity contribution in [3.63, 3.8) is 0 Å². The molecule has 3 nitrogen and oxygen atoms in total. The molecule has 1 aromatic carbocycles. The Kier molecular flexibility index (Phi) is 5.28. The number of halogens is 1. The van der Waals surface area contributed by atoms with E-state index in [-0.39, 0.29) is 11.3 Å². The molecule has 0 radical (unpaired) electrons. The van der Waals surface area contributed by atoms with Gasteiger partial charge in [-0.1, -0.05) is 44.5 Å². The number of hydrogen-bond donors (Lipinski definition) is 1. The molecule has 1 amide bonds. The lowest BCUT2D eigenvalue weighted by Crippen LogP contribution is -2.47. The van der Waals surface area contributed by atoms with Crippen LogP contribution in [-0.2, 0) is 11.3 Å². The molecule has 0 bridgehead atoms. The third-order valence-corrected chi connectivity index (χ3v) is 4.13. The van der Waals surface area contributed by atoms with Gasteiger partial charge in [0, 0.05) is 36.1 Å². The van der Waals surface area contributed by atoms with Crippen molar-refractivity contribution in [2.75, 3.05) is 13.1 Å². The van der Waals surface area contributed by atoms with E-state index in [0.717, 1.165) is 37.5 Å². The summed E-state index contributed by atoms with van der Waals surface area (Å²) in [6.07, 6.45) is 2.03. The normalized spacial score (nSPS) is 17.7. The summed E-state index contributed by atoms with van der Waals surface area (Å²) in [5.41, 5.74) is 0.942. The van der Waals surface area contributed by atoms with Crippen LogP contribution < -0.4 is 5.32 Å². The molecule has 0 aromatic heterocycles. The Balaban J connectivity index is 1.80. The molecule has 4 heteroatoms. The van der Waals surface area contributed by atoms with Crippen LogP contribution in [0.5, 0.6) is 0 Å². The van der Waals surface area contributed by atoms with Crippen LogP contribution in [0.15, 0.2) is 24.3 Å². The highest BCUT2D eigenvalue weighted by molar-refractivity contribution is 6.30. The van der Waals surface area contributed by atoms with Crippen LogP contribution >= 0.6 is 11.6 Å². The lowest BCUT2D eigenvalue weighted by Gasteiger charge is -2.33. The van der Waals surface area contributed by atoms with Gasteiger partial charge in [-0.3, -0.25) is 9.69 Å². The van der Waals surface area contributed by atoms with Crippen LogP contribution in [0.3, 0.4) is 0 Å². The Labute approximate surface area is 132 Å². The first-order valence-corrected chi connectivity index (χ1v) is 8.00. The highest BCUT2D eigenvalue weighted by atomic mass is 35.5. The summed E-state index contributed by atoms with van der Waals surface area (Å²) in [5, 5.41) is 3.96. The number of hydrogen-bond acceptors (Lipinski definition) is 2. The summed E-state index contributed by atoms with van der Waals surface area (Å²) in [4.78, 5) is 14.4. The lowest BCUT2D eigenvalue weighted by atomic mass is 9.94. The third kappa shape index (κ3) is 5.01. The molecule has 2 rings (SSSR count). The molecule has 0 unspecified atom stereocenters. The number of carbonyl (C=O) groups is 1. The number of carbonyl (C=O) groups excluding carboxylic acids is 1. The molecule has 1 aliphatic heterocycles. The number of rotatable bonds is 3. The Hall–Kier alpha value is -1.06. The van der Waals surface area contributed by atoms with Crippen LogP contribution in [0, 0.1) is 5.41 Å². The molecule has 1 saturated heterocycles. The second-order valence-corrected chi connectivity index (χ2v) is 7.34. The maximum atomic E-state index is 12.0. The number of nitrogens with zero attached hydrogens (tertiary/aromatic N) is 1. The molecule has 1 aliphatic rings. The van der Waals surface area contributed by atoms with Crippen LogP contribution in [0.1, 0.15) is 39.2 Å². The quantitative estimate of drug-likeness (QED) is 0.927. The predicted octanol–water partition coefficient (Wildman–Crippen LogP) is 3.47. The van der Waals surface area contributed by atoms with E-state index in [1.807, 2.05) is 39.0 Å². The summed E-state index contributed by atoms with van der Waals surface area (Å²) >= 11 is 6.02. The van der Waals surface area contributed by atoms with Gasteiger partial charge in [0.2, 0.25) is 5.91 Å². The van der Waals surface area contributed by atoms with Gasteiger partial charge in [-0.15, -0.1) is 0 Å². The Morgan fingerprint density at radius 2 is 2.00 bits per heavy atom. The van der Waals surface area contributed by atoms with Gasteiger partial charge >= 0.3 is 0 Å². The Bertz CT molecular complexity index is 488. The van der Waals surface area contributed by atoms with Crippen molar-refractivity contribution in [2.45, 2.75) is 46.2 Å². The van der Waals surface area contributed by atoms with Gasteiger partial charge in [0.15, 0.2) is 0 Å². The van der Waals surface area contributed by atoms with E-state index in [1.165, 1.54) is 5.56 Å². The molecule has 1 heterocycles. The zero-order valence-corrected chi connectivity index (χ0v) is 13.9. The SMILES string of the molecule is CC(C)(C)C(=O)NC1CCN(Cc2cccc(Cl)c2)CC1. The highest BCUT2D eigenvalue weighted by Crippen LogP contribution is 2.18. The molecule has 1 fully saturated rings. The highest BCUT2D eigenvalue weighted by Gasteiger charge is 2.26. The second kappa shape index (κ2) is 6.80. The maximum absolute atomic E-state index is 12.0. The van der Waals surface area contributed by atoms with Gasteiger partial charge in [-0.05, 0) is 30.5 Å². The van der Waals surface area contributed by atoms with Crippen LogP contribution in [-0.4, -0.2) is 29.9 Å². The van der Waals surface area contributed by atoms with Gasteiger partial charge in [0.05, 0.1) is 0 Å². The van der Waals surface area contributed by atoms with Crippen molar-refractivity contribution in [3.8, 4) is 0 Å². The minimum Gasteiger partial charge on any atom is -0.353 e. The van der Waals surface area contributed by atoms with E-state index in [0.29, 0.717) is 6.04 Å². The van der Waals surface area contributed by atoms with Crippen molar-refractivity contribution in [2.24, 2.45) is 5.41 Å². The number of benzene rings is 1. The first-order chi connectivity index (χ1) is 9.84. The van der Waals surface area contributed by atoms with Crippen molar-refractivity contribution in [3.05, 3.63) is 34.9 Å². The number of likely N-dealkylation sites (tertiary alicyclic amines) is 1. The van der Waals surface area contributed by atoms with Crippen molar-refractivity contribution >= 4 is 17.5 Å². The molecule has 0 spiro atoms. The maximum Gasteiger partial charge on any atom is 0.225 e. The van der Waals surface area contributed by atoms with E-state index in [4.69, 9.17) is 11.6 Å². The standard InChI is InChI=1S/C17H25ClN2O/c1-17(2,3)16(21)19-15-7-9-20(10-8-15)12-13-5-4-6-14(18)11-13/h4-6,11,15H,7-10,12H2,1-3H3,(H,19,21). The van der Waals surface area contributed by atoms with Crippen LogP contribution in [0.2, 0.25) is 5.02 Å². The smallest absolute Gasteiger partial charge is 0.225 e. The first kappa shape index (κ1) is 16.3. The van der Waals surface area contributed by atoms with Crippen molar-refractivity contribution < 1.29 is 4.79 Å². The van der Waals surface area contributed by atoms with Gasteiger partial charge in [0.25, 0.3) is 0 Å². The van der Waals surface area contributed by atoms with E-state index < -0.39 is 0 Å². The van der Waals surface area contributed by atoms with E-state index in [2.05, 4.69) is 16.3 Å². The van der Waals surface area contributed by atoms with E-state index in [9.17, 15) is 4.79 Å². The second-order valence-electron chi connectivity index (χ2n) is 6.90.